The lowest BCUT2D eigenvalue weighted by Gasteiger charge is -2.32. The molecule has 7 heteroatoms. The Bertz CT molecular complexity index is 696. The average Bonchev–Trinajstić information content (AvgIpc) is 2.68. The van der Waals surface area contributed by atoms with Crippen LogP contribution in [0, 0.1) is 13.8 Å². The number of likely N-dealkylation sites (tertiary alicyclic amines) is 1. The molecule has 1 aromatic rings. The molecular weight excluding hydrogens is 360 g/mol. The molecule has 1 aliphatic rings. The van der Waals surface area contributed by atoms with E-state index in [-0.39, 0.29) is 43.3 Å². The van der Waals surface area contributed by atoms with Crippen LogP contribution in [0.15, 0.2) is 18.2 Å². The van der Waals surface area contributed by atoms with E-state index in [1.54, 1.807) is 11.8 Å². The van der Waals surface area contributed by atoms with Crippen LogP contribution in [0.4, 0.5) is 0 Å². The number of esters is 1. The molecule has 0 unspecified atom stereocenters. The summed E-state index contributed by atoms with van der Waals surface area (Å²) in [5.41, 5.74) is 2.17. The molecule has 0 aliphatic carbocycles. The van der Waals surface area contributed by atoms with E-state index in [1.807, 2.05) is 32.0 Å². The summed E-state index contributed by atoms with van der Waals surface area (Å²) in [6.07, 6.45) is 1.61. The minimum Gasteiger partial charge on any atom is -0.483 e. The third kappa shape index (κ3) is 6.55. The number of rotatable bonds is 8. The van der Waals surface area contributed by atoms with Gasteiger partial charge in [0.15, 0.2) is 6.61 Å². The molecule has 28 heavy (non-hydrogen) atoms. The molecule has 1 aromatic carbocycles. The normalized spacial score (nSPS) is 14.5. The Morgan fingerprint density at radius 1 is 1.14 bits per heavy atom. The summed E-state index contributed by atoms with van der Waals surface area (Å²) in [4.78, 5) is 37.4. The Balaban J connectivity index is 1.69. The van der Waals surface area contributed by atoms with Crippen LogP contribution in [0.2, 0.25) is 0 Å². The highest BCUT2D eigenvalue weighted by molar-refractivity contribution is 5.81. The Hall–Kier alpha value is -2.57. The fourth-order valence-corrected chi connectivity index (χ4v) is 3.13. The van der Waals surface area contributed by atoms with Crippen molar-refractivity contribution in [2.24, 2.45) is 0 Å². The van der Waals surface area contributed by atoms with Crippen molar-refractivity contribution in [1.82, 2.24) is 10.2 Å². The summed E-state index contributed by atoms with van der Waals surface area (Å²) in [7, 11) is 0. The lowest BCUT2D eigenvalue weighted by atomic mass is 10.0. The van der Waals surface area contributed by atoms with Gasteiger partial charge in [0.2, 0.25) is 5.91 Å². The number of aryl methyl sites for hydroxylation is 1. The van der Waals surface area contributed by atoms with Crippen LogP contribution in [-0.4, -0.2) is 55.0 Å². The zero-order valence-corrected chi connectivity index (χ0v) is 17.0. The standard InChI is InChI=1S/C21H30N2O5/c1-4-27-21(26)9-8-19(24)22-17-10-12-23(13-11-17)20(25)14-28-18-7-5-6-15(2)16(18)3/h5-7,17H,4,8-14H2,1-3H3,(H,22,24). The quantitative estimate of drug-likeness (QED) is 0.688. The van der Waals surface area contributed by atoms with Gasteiger partial charge in [-0.15, -0.1) is 0 Å². The Labute approximate surface area is 166 Å². The second kappa shape index (κ2) is 10.7. The number of piperidine rings is 1. The van der Waals surface area contributed by atoms with Crippen LogP contribution >= 0.6 is 0 Å². The fraction of sp³-hybridized carbons (Fsp3) is 0.571. The molecule has 2 amide bonds. The molecule has 154 valence electrons. The van der Waals surface area contributed by atoms with Gasteiger partial charge in [0.1, 0.15) is 5.75 Å². The van der Waals surface area contributed by atoms with Gasteiger partial charge in [0, 0.05) is 25.6 Å². The number of carbonyl (C=O) groups excluding carboxylic acids is 3. The molecule has 7 nitrogen and oxygen atoms in total. The smallest absolute Gasteiger partial charge is 0.306 e. The fourth-order valence-electron chi connectivity index (χ4n) is 3.13. The second-order valence-electron chi connectivity index (χ2n) is 7.01. The Morgan fingerprint density at radius 2 is 1.86 bits per heavy atom. The van der Waals surface area contributed by atoms with Gasteiger partial charge in [-0.1, -0.05) is 12.1 Å². The minimum atomic E-state index is -0.359. The van der Waals surface area contributed by atoms with Gasteiger partial charge in [-0.3, -0.25) is 14.4 Å². The van der Waals surface area contributed by atoms with Gasteiger partial charge in [0.25, 0.3) is 5.91 Å². The third-order valence-corrected chi connectivity index (χ3v) is 4.98. The summed E-state index contributed by atoms with van der Waals surface area (Å²) in [5.74, 6) is 0.170. The Morgan fingerprint density at radius 3 is 2.54 bits per heavy atom. The molecule has 1 heterocycles. The third-order valence-electron chi connectivity index (χ3n) is 4.98. The van der Waals surface area contributed by atoms with E-state index >= 15 is 0 Å². The zero-order chi connectivity index (χ0) is 20.5. The molecule has 0 radical (unpaired) electrons. The van der Waals surface area contributed by atoms with Crippen molar-refractivity contribution in [1.29, 1.82) is 0 Å². The number of amides is 2. The second-order valence-corrected chi connectivity index (χ2v) is 7.01. The van der Waals surface area contributed by atoms with Crippen molar-refractivity contribution in [2.75, 3.05) is 26.3 Å². The molecule has 1 fully saturated rings. The number of hydrogen-bond acceptors (Lipinski definition) is 5. The number of ether oxygens (including phenoxy) is 2. The summed E-state index contributed by atoms with van der Waals surface area (Å²) < 4.78 is 10.5. The van der Waals surface area contributed by atoms with Crippen LogP contribution in [0.1, 0.15) is 43.7 Å². The first-order valence-electron chi connectivity index (χ1n) is 9.82. The first-order chi connectivity index (χ1) is 13.4. The summed E-state index contributed by atoms with van der Waals surface area (Å²) in [5, 5.41) is 2.93. The molecule has 0 atom stereocenters. The lowest BCUT2D eigenvalue weighted by molar-refractivity contribution is -0.144. The van der Waals surface area contributed by atoms with Crippen molar-refractivity contribution in [3.63, 3.8) is 0 Å². The van der Waals surface area contributed by atoms with E-state index in [1.165, 1.54) is 0 Å². The largest absolute Gasteiger partial charge is 0.483 e. The summed E-state index contributed by atoms with van der Waals surface area (Å²) >= 11 is 0. The van der Waals surface area contributed by atoms with Crippen LogP contribution in [-0.2, 0) is 19.1 Å². The molecule has 0 bridgehead atoms. The van der Waals surface area contributed by atoms with Crippen molar-refractivity contribution in [2.45, 2.75) is 52.5 Å². The number of benzene rings is 1. The van der Waals surface area contributed by atoms with Crippen LogP contribution in [0.5, 0.6) is 5.75 Å². The molecular formula is C21H30N2O5. The van der Waals surface area contributed by atoms with E-state index in [2.05, 4.69) is 5.32 Å². The van der Waals surface area contributed by atoms with Gasteiger partial charge >= 0.3 is 5.97 Å². The Kier molecular flexibility index (Phi) is 8.29. The zero-order valence-electron chi connectivity index (χ0n) is 17.0. The predicted molar refractivity (Wildman–Crippen MR) is 105 cm³/mol. The van der Waals surface area contributed by atoms with Gasteiger partial charge < -0.3 is 19.7 Å². The minimum absolute atomic E-state index is 0.0147. The molecule has 0 spiro atoms. The van der Waals surface area contributed by atoms with E-state index in [4.69, 9.17) is 9.47 Å². The first kappa shape index (κ1) is 21.7. The van der Waals surface area contributed by atoms with E-state index in [9.17, 15) is 14.4 Å². The van der Waals surface area contributed by atoms with Gasteiger partial charge in [-0.25, -0.2) is 0 Å². The van der Waals surface area contributed by atoms with Crippen LogP contribution in [0.3, 0.4) is 0 Å². The summed E-state index contributed by atoms with van der Waals surface area (Å²) in [6.45, 7) is 7.22. The van der Waals surface area contributed by atoms with Gasteiger partial charge in [-0.2, -0.15) is 0 Å². The SMILES string of the molecule is CCOC(=O)CCC(=O)NC1CCN(C(=O)COc2cccc(C)c2C)CC1. The molecule has 1 N–H and O–H groups in total. The highest BCUT2D eigenvalue weighted by Crippen LogP contribution is 2.20. The van der Waals surface area contributed by atoms with E-state index in [0.29, 0.717) is 32.5 Å². The maximum Gasteiger partial charge on any atom is 0.306 e. The van der Waals surface area contributed by atoms with Crippen LogP contribution in [0.25, 0.3) is 0 Å². The van der Waals surface area contributed by atoms with Gasteiger partial charge in [0.05, 0.1) is 13.0 Å². The van der Waals surface area contributed by atoms with Crippen LogP contribution < -0.4 is 10.1 Å². The van der Waals surface area contributed by atoms with Crippen molar-refractivity contribution in [3.8, 4) is 5.75 Å². The highest BCUT2D eigenvalue weighted by Gasteiger charge is 2.24. The molecule has 1 saturated heterocycles. The van der Waals surface area contributed by atoms with Gasteiger partial charge in [-0.05, 0) is 50.8 Å². The van der Waals surface area contributed by atoms with Crippen molar-refractivity contribution >= 4 is 17.8 Å². The maximum absolute atomic E-state index is 12.4. The monoisotopic (exact) mass is 390 g/mol. The predicted octanol–water partition coefficient (Wildman–Crippen LogP) is 2.13. The number of nitrogens with zero attached hydrogens (tertiary/aromatic N) is 1. The number of hydrogen-bond donors (Lipinski definition) is 1. The lowest BCUT2D eigenvalue weighted by Crippen LogP contribution is -2.47. The highest BCUT2D eigenvalue weighted by atomic mass is 16.5. The molecule has 0 saturated carbocycles. The first-order valence-corrected chi connectivity index (χ1v) is 9.82. The van der Waals surface area contributed by atoms with Crippen molar-refractivity contribution in [3.05, 3.63) is 29.3 Å². The number of carbonyl (C=O) groups is 3. The van der Waals surface area contributed by atoms with E-state index < -0.39 is 0 Å². The van der Waals surface area contributed by atoms with Crippen molar-refractivity contribution < 1.29 is 23.9 Å². The van der Waals surface area contributed by atoms with E-state index in [0.717, 1.165) is 16.9 Å². The summed E-state index contributed by atoms with van der Waals surface area (Å²) in [6, 6.07) is 5.82. The maximum atomic E-state index is 12.4. The average molecular weight is 390 g/mol. The molecule has 1 aliphatic heterocycles. The molecule has 0 aromatic heterocycles. The topological polar surface area (TPSA) is 84.9 Å². The molecule has 2 rings (SSSR count). The number of nitrogens with one attached hydrogen (secondary N) is 1.